The van der Waals surface area contributed by atoms with Gasteiger partial charge in [-0.3, -0.25) is 0 Å². The van der Waals surface area contributed by atoms with E-state index in [-0.39, 0.29) is 0 Å². The van der Waals surface area contributed by atoms with Gasteiger partial charge in [0.1, 0.15) is 22.1 Å². The first-order valence-electron chi connectivity index (χ1n) is 33.9. The van der Waals surface area contributed by atoms with Crippen LogP contribution < -0.4 is 0 Å². The molecule has 8 heterocycles. The van der Waals surface area contributed by atoms with E-state index in [0.717, 1.165) is 56.7 Å². The highest BCUT2D eigenvalue weighted by Gasteiger charge is 2.25. The molecule has 0 saturated heterocycles. The van der Waals surface area contributed by atoms with Gasteiger partial charge in [-0.15, -0.1) is 56.7 Å². The third kappa shape index (κ3) is 14.6. The Bertz CT molecular complexity index is 4190. The first-order valence-corrected chi connectivity index (χ1v) is 39.5. The molecule has 0 aliphatic heterocycles. The van der Waals surface area contributed by atoms with Crippen molar-refractivity contribution >= 4 is 124 Å². The van der Waals surface area contributed by atoms with Crippen molar-refractivity contribution in [1.29, 1.82) is 0 Å². The van der Waals surface area contributed by atoms with Crippen LogP contribution in [0.5, 0.6) is 0 Å². The van der Waals surface area contributed by atoms with Crippen LogP contribution >= 0.6 is 80.1 Å². The fraction of sp³-hybridized carbons (Fsp3) is 0.429. The largest absolute Gasteiger partial charge is 0.337 e. The molecule has 4 aromatic carbocycles. The average Bonchev–Trinajstić information content (AvgIpc) is 1.64. The van der Waals surface area contributed by atoms with E-state index in [1.54, 1.807) is 11.3 Å². The van der Waals surface area contributed by atoms with Gasteiger partial charge in [-0.25, -0.2) is 0 Å². The first kappa shape index (κ1) is 63.9. The second-order valence-corrected chi connectivity index (χ2v) is 31.4. The SMILES string of the molecule is CCCCCCCCC(CCCCCCCC)n1c2ccccc2c2ccc(-c3sc(-c4ccc(-c5ccc(-c6ccc(-c7ccc(-c8ccc(-c9cc(CC(CC)CCCC)cs9)s8)c8nsnc78)s6)c6nsnc56)s4)cc3CC(CC)CCCC)cc21. The molecule has 0 radical (unpaired) electrons. The summed E-state index contributed by atoms with van der Waals surface area (Å²) in [6, 6.07) is 45.2. The minimum Gasteiger partial charge on any atom is -0.337 e. The second kappa shape index (κ2) is 31.0. The van der Waals surface area contributed by atoms with Gasteiger partial charge in [0.05, 0.1) is 29.0 Å². The summed E-state index contributed by atoms with van der Waals surface area (Å²) in [7, 11) is 0. The Balaban J connectivity index is 0.818. The molecule has 12 rings (SSSR count). The van der Waals surface area contributed by atoms with E-state index in [9.17, 15) is 0 Å². The molecule has 12 aromatic rings. The van der Waals surface area contributed by atoms with Crippen molar-refractivity contribution in [1.82, 2.24) is 22.1 Å². The summed E-state index contributed by atoms with van der Waals surface area (Å²) in [5.41, 5.74) is 15.6. The van der Waals surface area contributed by atoms with Crippen LogP contribution in [-0.4, -0.2) is 22.1 Å². The number of para-hydroxylation sites is 1. The zero-order valence-electron chi connectivity index (χ0n) is 53.3. The highest BCUT2D eigenvalue weighted by atomic mass is 32.1. The molecule has 5 nitrogen and oxygen atoms in total. The fourth-order valence-corrected chi connectivity index (χ4v) is 20.3. The fourth-order valence-electron chi connectivity index (χ4n) is 13.7. The number of nitrogens with zero attached hydrogens (tertiary/aromatic N) is 5. The third-order valence-corrected chi connectivity index (χ3v) is 25.9. The summed E-state index contributed by atoms with van der Waals surface area (Å²) >= 11 is 12.1. The van der Waals surface area contributed by atoms with Gasteiger partial charge in [0, 0.05) is 88.5 Å². The molecule has 0 spiro atoms. The minimum absolute atomic E-state index is 0.495. The summed E-state index contributed by atoms with van der Waals surface area (Å²) < 4.78 is 22.7. The average molecular weight is 1310 g/mol. The van der Waals surface area contributed by atoms with Crippen molar-refractivity contribution in [2.75, 3.05) is 0 Å². The number of rotatable bonds is 34. The van der Waals surface area contributed by atoms with Gasteiger partial charge in [0.25, 0.3) is 0 Å². The highest BCUT2D eigenvalue weighted by Crippen LogP contribution is 2.49. The quantitative estimate of drug-likeness (QED) is 0.0377. The lowest BCUT2D eigenvalue weighted by atomic mass is 9.91. The molecule has 8 aromatic heterocycles. The summed E-state index contributed by atoms with van der Waals surface area (Å²) in [6.45, 7) is 14.0. The van der Waals surface area contributed by atoms with Gasteiger partial charge in [-0.2, -0.15) is 17.5 Å². The lowest BCUT2D eigenvalue weighted by Crippen LogP contribution is -2.09. The molecule has 0 aliphatic carbocycles. The lowest BCUT2D eigenvalue weighted by molar-refractivity contribution is 0.410. The molecule has 0 fully saturated rings. The Labute approximate surface area is 558 Å². The van der Waals surface area contributed by atoms with Gasteiger partial charge in [0.2, 0.25) is 0 Å². The smallest absolute Gasteiger partial charge is 0.114 e. The molecule has 2 unspecified atom stereocenters. The van der Waals surface area contributed by atoms with Crippen LogP contribution in [0.4, 0.5) is 0 Å². The van der Waals surface area contributed by atoms with Crippen LogP contribution in [0, 0.1) is 11.8 Å². The molecule has 0 bridgehead atoms. The molecule has 0 aliphatic rings. The highest BCUT2D eigenvalue weighted by molar-refractivity contribution is 7.25. The first-order chi connectivity index (χ1) is 43.9. The molecule has 0 N–H and O–H groups in total. The van der Waals surface area contributed by atoms with Crippen molar-refractivity contribution < 1.29 is 0 Å². The van der Waals surface area contributed by atoms with E-state index >= 15 is 0 Å². The Morgan fingerprint density at radius 3 is 1.39 bits per heavy atom. The number of unbranched alkanes of at least 4 members (excludes halogenated alkanes) is 12. The number of aromatic nitrogens is 5. The number of benzene rings is 4. The third-order valence-electron chi connectivity index (χ3n) is 18.9. The van der Waals surface area contributed by atoms with Crippen molar-refractivity contribution in [2.24, 2.45) is 11.8 Å². The van der Waals surface area contributed by atoms with Crippen LogP contribution in [0.3, 0.4) is 0 Å². The predicted octanol–water partition coefficient (Wildman–Crippen LogP) is 27.3. The van der Waals surface area contributed by atoms with Crippen LogP contribution in [0.25, 0.3) is 116 Å². The van der Waals surface area contributed by atoms with E-state index in [2.05, 4.69) is 167 Å². The Kier molecular flexibility index (Phi) is 22.2. The van der Waals surface area contributed by atoms with Crippen LogP contribution in [0.2, 0.25) is 0 Å². The van der Waals surface area contributed by atoms with E-state index in [1.165, 1.54) is 254 Å². The summed E-state index contributed by atoms with van der Waals surface area (Å²) in [6.07, 6.45) is 31.0. The molecular formula is C77H89N5S7. The zero-order valence-corrected chi connectivity index (χ0v) is 59.1. The normalized spacial score (nSPS) is 12.8. The van der Waals surface area contributed by atoms with E-state index < -0.39 is 0 Å². The zero-order chi connectivity index (χ0) is 61.1. The maximum atomic E-state index is 5.02. The maximum Gasteiger partial charge on any atom is 0.114 e. The lowest BCUT2D eigenvalue weighted by Gasteiger charge is -2.22. The van der Waals surface area contributed by atoms with Gasteiger partial charge < -0.3 is 4.57 Å². The van der Waals surface area contributed by atoms with Crippen LogP contribution in [-0.2, 0) is 12.8 Å². The van der Waals surface area contributed by atoms with Gasteiger partial charge in [-0.1, -0.05) is 225 Å². The Morgan fingerprint density at radius 1 is 0.382 bits per heavy atom. The number of hydrogen-bond donors (Lipinski definition) is 0. The number of hydrogen-bond acceptors (Lipinski definition) is 11. The monoisotopic (exact) mass is 1310 g/mol. The Morgan fingerprint density at radius 2 is 0.854 bits per heavy atom. The molecule has 464 valence electrons. The molecule has 12 heteroatoms. The van der Waals surface area contributed by atoms with Crippen LogP contribution in [0.1, 0.15) is 200 Å². The minimum atomic E-state index is 0.495. The number of fused-ring (bicyclic) bond motifs is 5. The summed E-state index contributed by atoms with van der Waals surface area (Å²) in [5, 5.41) is 5.18. The van der Waals surface area contributed by atoms with Crippen molar-refractivity contribution in [3.8, 4) is 71.7 Å². The molecule has 89 heavy (non-hydrogen) atoms. The summed E-state index contributed by atoms with van der Waals surface area (Å²) in [4.78, 5) is 11.6. The van der Waals surface area contributed by atoms with Crippen LogP contribution in [0.15, 0.2) is 121 Å². The number of thiophene rings is 5. The summed E-state index contributed by atoms with van der Waals surface area (Å²) in [5.74, 6) is 1.43. The van der Waals surface area contributed by atoms with Crippen molar-refractivity contribution in [2.45, 2.75) is 202 Å². The maximum absolute atomic E-state index is 5.02. The Hall–Kier alpha value is -5.18. The predicted molar refractivity (Wildman–Crippen MR) is 398 cm³/mol. The standard InChI is InChI=1S/C77H89N5S7/c1-7-13-17-19-21-23-29-56(30-24-22-20-18-14-8-2)82-63-32-26-25-31-57(63)58-34-33-54(48-64(58)82)77-55(46-52(12-6)28-16-10-4)49-72(87-77)70-44-42-68(86-70)62-38-36-60(74-76(62)81-89-79-74)66-40-39-65(84-66)59-35-37-61(75-73(59)78-88-80-75)67-41-43-69(85-67)71-47-53(50-83-71)45-51(11-5)27-15-9-3/h25-26,31-44,47-52,56H,7-24,27-30,45-46H2,1-6H3. The molecule has 0 saturated carbocycles. The van der Waals surface area contributed by atoms with Crippen molar-refractivity contribution in [3.63, 3.8) is 0 Å². The van der Waals surface area contributed by atoms with Crippen molar-refractivity contribution in [3.05, 3.63) is 132 Å². The van der Waals surface area contributed by atoms with Gasteiger partial charge >= 0.3 is 0 Å². The van der Waals surface area contributed by atoms with Gasteiger partial charge in [0.15, 0.2) is 0 Å². The van der Waals surface area contributed by atoms with Gasteiger partial charge in [-0.05, 0) is 120 Å². The van der Waals surface area contributed by atoms with E-state index in [0.29, 0.717) is 12.0 Å². The molecular weight excluding hydrogens is 1220 g/mol. The van der Waals surface area contributed by atoms with E-state index in [4.69, 9.17) is 17.5 Å². The second-order valence-electron chi connectivity index (χ2n) is 25.1. The topological polar surface area (TPSA) is 56.5 Å². The van der Waals surface area contributed by atoms with E-state index in [1.807, 2.05) is 45.3 Å². The molecule has 2 atom stereocenters. The molecule has 0 amide bonds.